The van der Waals surface area contributed by atoms with Crippen LogP contribution in [0.15, 0.2) is 59.4 Å². The number of carbonyl (C=O) groups excluding carboxylic acids is 2. The molecular formula is C22H22N4O4. The molecule has 0 saturated carbocycles. The highest BCUT2D eigenvalue weighted by atomic mass is 16.5. The summed E-state index contributed by atoms with van der Waals surface area (Å²) in [6.07, 6.45) is 0. The zero-order valence-corrected chi connectivity index (χ0v) is 16.9. The van der Waals surface area contributed by atoms with E-state index >= 15 is 0 Å². The number of primary amides is 1. The molecule has 1 heterocycles. The average Bonchev–Trinajstić information content (AvgIpc) is 2.72. The van der Waals surface area contributed by atoms with Crippen molar-refractivity contribution in [2.24, 2.45) is 5.73 Å². The molecule has 0 saturated heterocycles. The third kappa shape index (κ3) is 3.62. The normalized spacial score (nSPS) is 10.5. The summed E-state index contributed by atoms with van der Waals surface area (Å²) >= 11 is 0. The number of amides is 1. The highest BCUT2D eigenvalue weighted by Crippen LogP contribution is 2.29. The van der Waals surface area contributed by atoms with E-state index in [1.807, 2.05) is 31.1 Å². The molecule has 1 amide bonds. The first-order valence-electron chi connectivity index (χ1n) is 9.07. The molecule has 0 radical (unpaired) electrons. The summed E-state index contributed by atoms with van der Waals surface area (Å²) in [5.74, 6) is -1.58. The largest absolute Gasteiger partial charge is 0.465 e. The Kier molecular flexibility index (Phi) is 5.59. The highest BCUT2D eigenvalue weighted by molar-refractivity contribution is 6.04. The Balaban J connectivity index is 2.29. The van der Waals surface area contributed by atoms with E-state index in [1.54, 1.807) is 30.3 Å². The van der Waals surface area contributed by atoms with Crippen LogP contribution in [0.2, 0.25) is 0 Å². The van der Waals surface area contributed by atoms with E-state index < -0.39 is 17.4 Å². The fourth-order valence-corrected chi connectivity index (χ4v) is 3.25. The minimum Gasteiger partial charge on any atom is -0.465 e. The van der Waals surface area contributed by atoms with Crippen molar-refractivity contribution in [3.63, 3.8) is 0 Å². The molecule has 0 unspecified atom stereocenters. The van der Waals surface area contributed by atoms with Gasteiger partial charge in [-0.3, -0.25) is 14.2 Å². The van der Waals surface area contributed by atoms with Gasteiger partial charge in [-0.05, 0) is 29.8 Å². The SMILES string of the molecule is COC(=O)c1ccccc1-n1c(N)c(C(N)=O)c(-c2ccc(N(C)C)cc2)cc1=O. The van der Waals surface area contributed by atoms with E-state index in [4.69, 9.17) is 16.2 Å². The lowest BCUT2D eigenvalue weighted by molar-refractivity contribution is 0.0600. The monoisotopic (exact) mass is 406 g/mol. The van der Waals surface area contributed by atoms with Crippen molar-refractivity contribution in [3.8, 4) is 16.8 Å². The van der Waals surface area contributed by atoms with Gasteiger partial charge in [0.15, 0.2) is 0 Å². The molecule has 0 bridgehead atoms. The molecule has 154 valence electrons. The summed E-state index contributed by atoms with van der Waals surface area (Å²) in [7, 11) is 5.05. The Morgan fingerprint density at radius 2 is 1.67 bits per heavy atom. The molecule has 0 spiro atoms. The summed E-state index contributed by atoms with van der Waals surface area (Å²) in [5, 5.41) is 0. The maximum atomic E-state index is 13.0. The summed E-state index contributed by atoms with van der Waals surface area (Å²) < 4.78 is 5.88. The quantitative estimate of drug-likeness (QED) is 0.626. The van der Waals surface area contributed by atoms with Crippen molar-refractivity contribution < 1.29 is 14.3 Å². The topological polar surface area (TPSA) is 121 Å². The molecule has 0 aliphatic carbocycles. The van der Waals surface area contributed by atoms with E-state index in [2.05, 4.69) is 0 Å². The van der Waals surface area contributed by atoms with Gasteiger partial charge in [-0.25, -0.2) is 4.79 Å². The molecule has 8 nitrogen and oxygen atoms in total. The van der Waals surface area contributed by atoms with Gasteiger partial charge in [-0.15, -0.1) is 0 Å². The van der Waals surface area contributed by atoms with Crippen LogP contribution in [0.4, 0.5) is 11.5 Å². The van der Waals surface area contributed by atoms with E-state index in [0.29, 0.717) is 11.1 Å². The number of hydrogen-bond donors (Lipinski definition) is 2. The summed E-state index contributed by atoms with van der Waals surface area (Å²) in [4.78, 5) is 39.4. The number of hydrogen-bond acceptors (Lipinski definition) is 6. The van der Waals surface area contributed by atoms with E-state index in [0.717, 1.165) is 10.3 Å². The van der Waals surface area contributed by atoms with Crippen LogP contribution in [0, 0.1) is 0 Å². The fourth-order valence-electron chi connectivity index (χ4n) is 3.25. The van der Waals surface area contributed by atoms with Crippen LogP contribution in [-0.2, 0) is 4.74 Å². The molecule has 2 aromatic carbocycles. The third-order valence-electron chi connectivity index (χ3n) is 4.75. The second-order valence-corrected chi connectivity index (χ2v) is 6.81. The van der Waals surface area contributed by atoms with Gasteiger partial charge in [0.05, 0.1) is 23.9 Å². The van der Waals surface area contributed by atoms with Crippen LogP contribution in [0.25, 0.3) is 16.8 Å². The van der Waals surface area contributed by atoms with Crippen LogP contribution in [0.3, 0.4) is 0 Å². The number of nitrogens with two attached hydrogens (primary N) is 2. The number of para-hydroxylation sites is 1. The Morgan fingerprint density at radius 1 is 1.03 bits per heavy atom. The molecule has 30 heavy (non-hydrogen) atoms. The number of benzene rings is 2. The summed E-state index contributed by atoms with van der Waals surface area (Å²) in [6, 6.07) is 14.9. The maximum Gasteiger partial charge on any atom is 0.339 e. The van der Waals surface area contributed by atoms with Gasteiger partial charge in [-0.2, -0.15) is 0 Å². The Labute approximate surface area is 173 Å². The lowest BCUT2D eigenvalue weighted by Gasteiger charge is -2.18. The van der Waals surface area contributed by atoms with Gasteiger partial charge in [0.1, 0.15) is 5.82 Å². The van der Waals surface area contributed by atoms with Gasteiger partial charge in [0.25, 0.3) is 11.5 Å². The average molecular weight is 406 g/mol. The predicted octanol–water partition coefficient (Wildman–Crippen LogP) is 2.04. The molecule has 4 N–H and O–H groups in total. The van der Waals surface area contributed by atoms with Crippen molar-refractivity contribution in [1.29, 1.82) is 0 Å². The van der Waals surface area contributed by atoms with Crippen molar-refractivity contribution in [3.05, 3.63) is 76.1 Å². The number of pyridine rings is 1. The minimum atomic E-state index is -0.788. The van der Waals surface area contributed by atoms with E-state index in [-0.39, 0.29) is 22.6 Å². The van der Waals surface area contributed by atoms with Crippen molar-refractivity contribution in [2.75, 3.05) is 31.8 Å². The lowest BCUT2D eigenvalue weighted by atomic mass is 9.99. The molecule has 3 rings (SSSR count). The molecule has 8 heteroatoms. The van der Waals surface area contributed by atoms with Crippen LogP contribution < -0.4 is 21.9 Å². The Bertz CT molecular complexity index is 1180. The van der Waals surface area contributed by atoms with Crippen molar-refractivity contribution in [2.45, 2.75) is 0 Å². The molecule has 0 aliphatic rings. The smallest absolute Gasteiger partial charge is 0.339 e. The number of esters is 1. The molecule has 3 aromatic rings. The van der Waals surface area contributed by atoms with Gasteiger partial charge in [0, 0.05) is 31.4 Å². The summed E-state index contributed by atoms with van der Waals surface area (Å²) in [6.45, 7) is 0. The fraction of sp³-hybridized carbons (Fsp3) is 0.136. The van der Waals surface area contributed by atoms with Crippen molar-refractivity contribution in [1.82, 2.24) is 4.57 Å². The number of methoxy groups -OCH3 is 1. The highest BCUT2D eigenvalue weighted by Gasteiger charge is 2.22. The number of aromatic nitrogens is 1. The van der Waals surface area contributed by atoms with Gasteiger partial charge >= 0.3 is 5.97 Å². The van der Waals surface area contributed by atoms with Crippen molar-refractivity contribution >= 4 is 23.4 Å². The number of rotatable bonds is 5. The first-order valence-corrected chi connectivity index (χ1v) is 9.07. The zero-order valence-electron chi connectivity index (χ0n) is 16.9. The molecular weight excluding hydrogens is 384 g/mol. The number of ether oxygens (including phenoxy) is 1. The molecule has 0 fully saturated rings. The standard InChI is InChI=1S/C22H22N4O4/c1-25(2)14-10-8-13(9-11-14)16-12-18(27)26(20(23)19(16)21(24)28)17-7-5-4-6-15(17)22(29)30-3/h4-12H,23H2,1-3H3,(H2,24,28). The van der Waals surface area contributed by atoms with E-state index in [1.165, 1.54) is 19.2 Å². The third-order valence-corrected chi connectivity index (χ3v) is 4.75. The van der Waals surface area contributed by atoms with Crippen LogP contribution >= 0.6 is 0 Å². The van der Waals surface area contributed by atoms with Gasteiger partial charge in [-0.1, -0.05) is 24.3 Å². The van der Waals surface area contributed by atoms with Crippen LogP contribution in [0.1, 0.15) is 20.7 Å². The number of nitrogen functional groups attached to an aromatic ring is 1. The van der Waals surface area contributed by atoms with Crippen LogP contribution in [0.5, 0.6) is 0 Å². The van der Waals surface area contributed by atoms with E-state index in [9.17, 15) is 14.4 Å². The van der Waals surface area contributed by atoms with Crippen LogP contribution in [-0.4, -0.2) is 37.6 Å². The lowest BCUT2D eigenvalue weighted by Crippen LogP contribution is -2.28. The summed E-state index contributed by atoms with van der Waals surface area (Å²) in [5.41, 5.74) is 13.6. The first-order chi connectivity index (χ1) is 14.3. The first kappa shape index (κ1) is 20.7. The number of nitrogens with zero attached hydrogens (tertiary/aromatic N) is 2. The Morgan fingerprint density at radius 3 is 2.23 bits per heavy atom. The zero-order chi connectivity index (χ0) is 22.0. The molecule has 0 aliphatic heterocycles. The maximum absolute atomic E-state index is 13.0. The second kappa shape index (κ2) is 8.12. The second-order valence-electron chi connectivity index (χ2n) is 6.81. The van der Waals surface area contributed by atoms with Gasteiger partial charge < -0.3 is 21.1 Å². The molecule has 0 atom stereocenters. The number of carbonyl (C=O) groups is 2. The Hall–Kier alpha value is -4.07. The molecule has 1 aromatic heterocycles. The predicted molar refractivity (Wildman–Crippen MR) is 116 cm³/mol. The van der Waals surface area contributed by atoms with Gasteiger partial charge in [0.2, 0.25) is 0 Å². The number of anilines is 2. The minimum absolute atomic E-state index is 0.00753.